The Balaban J connectivity index is 1.47. The summed E-state index contributed by atoms with van der Waals surface area (Å²) in [5.74, 6) is 3.07. The van der Waals surface area contributed by atoms with E-state index in [9.17, 15) is 4.79 Å². The van der Waals surface area contributed by atoms with Gasteiger partial charge in [0.1, 0.15) is 0 Å². The smallest absolute Gasteiger partial charge is 0.287 e. The number of rotatable bonds is 3. The van der Waals surface area contributed by atoms with Crippen LogP contribution in [0.25, 0.3) is 0 Å². The van der Waals surface area contributed by atoms with E-state index in [0.29, 0.717) is 11.9 Å². The molecule has 0 aliphatic carbocycles. The van der Waals surface area contributed by atoms with Crippen LogP contribution in [0.15, 0.2) is 12.4 Å². The van der Waals surface area contributed by atoms with Gasteiger partial charge < -0.3 is 14.8 Å². The van der Waals surface area contributed by atoms with Crippen LogP contribution in [0.1, 0.15) is 36.3 Å². The van der Waals surface area contributed by atoms with Crippen molar-refractivity contribution in [2.24, 2.45) is 7.05 Å². The Morgan fingerprint density at radius 3 is 2.62 bits per heavy atom. The van der Waals surface area contributed by atoms with Crippen LogP contribution >= 0.6 is 11.8 Å². The Kier molecular flexibility index (Phi) is 4.85. The molecule has 3 rings (SSSR count). The zero-order valence-corrected chi connectivity index (χ0v) is 13.4. The summed E-state index contributed by atoms with van der Waals surface area (Å²) >= 11 is 2.08. The number of amides is 1. The Bertz CT molecular complexity index is 476. The summed E-state index contributed by atoms with van der Waals surface area (Å²) in [7, 11) is 1.85. The third kappa shape index (κ3) is 3.61. The molecule has 6 heteroatoms. The molecule has 0 bridgehead atoms. The Hall–Kier alpha value is -1.01. The molecule has 2 fully saturated rings. The van der Waals surface area contributed by atoms with Crippen LogP contribution in [0.4, 0.5) is 0 Å². The fourth-order valence-corrected chi connectivity index (χ4v) is 4.38. The van der Waals surface area contributed by atoms with E-state index >= 15 is 0 Å². The Labute approximate surface area is 130 Å². The number of aryl methyl sites for hydroxylation is 1. The molecule has 3 heterocycles. The average molecular weight is 308 g/mol. The van der Waals surface area contributed by atoms with Gasteiger partial charge in [-0.05, 0) is 37.2 Å². The minimum absolute atomic E-state index is 0.0463. The maximum atomic E-state index is 12.2. The third-order valence-corrected chi connectivity index (χ3v) is 5.65. The number of carbonyl (C=O) groups is 1. The summed E-state index contributed by atoms with van der Waals surface area (Å²) in [5.41, 5.74) is 0. The van der Waals surface area contributed by atoms with E-state index in [0.717, 1.165) is 32.0 Å². The van der Waals surface area contributed by atoms with E-state index < -0.39 is 0 Å². The van der Waals surface area contributed by atoms with E-state index in [1.54, 1.807) is 17.0 Å². The number of carbonyl (C=O) groups excluding carboxylic acids is 1. The summed E-state index contributed by atoms with van der Waals surface area (Å²) in [6, 6.07) is 1.07. The minimum atomic E-state index is -0.0463. The normalized spacial score (nSPS) is 22.3. The number of aromatic nitrogens is 2. The van der Waals surface area contributed by atoms with Gasteiger partial charge in [0.25, 0.3) is 5.91 Å². The number of likely N-dealkylation sites (tertiary alicyclic amines) is 1. The van der Waals surface area contributed by atoms with Gasteiger partial charge in [0, 0.05) is 44.6 Å². The fourth-order valence-electron chi connectivity index (χ4n) is 3.29. The summed E-state index contributed by atoms with van der Waals surface area (Å²) in [5, 5.41) is 3.13. The van der Waals surface area contributed by atoms with Gasteiger partial charge in [-0.15, -0.1) is 0 Å². The zero-order valence-electron chi connectivity index (χ0n) is 12.6. The molecule has 1 aromatic heterocycles. The lowest BCUT2D eigenvalue weighted by Crippen LogP contribution is -2.49. The van der Waals surface area contributed by atoms with Gasteiger partial charge in [0.15, 0.2) is 5.82 Å². The van der Waals surface area contributed by atoms with Crippen LogP contribution in [0.5, 0.6) is 0 Å². The lowest BCUT2D eigenvalue weighted by atomic mass is 10.0. The minimum Gasteiger partial charge on any atom is -0.347 e. The molecule has 0 atom stereocenters. The van der Waals surface area contributed by atoms with Gasteiger partial charge in [-0.1, -0.05) is 0 Å². The van der Waals surface area contributed by atoms with Crippen molar-refractivity contribution >= 4 is 17.7 Å². The van der Waals surface area contributed by atoms with E-state index in [4.69, 9.17) is 0 Å². The van der Waals surface area contributed by atoms with E-state index in [-0.39, 0.29) is 5.91 Å². The average Bonchev–Trinajstić information content (AvgIpc) is 2.95. The number of nitrogens with one attached hydrogen (secondary N) is 1. The lowest BCUT2D eigenvalue weighted by Gasteiger charge is -2.39. The molecular formula is C15H24N4OS. The van der Waals surface area contributed by atoms with Crippen molar-refractivity contribution in [3.8, 4) is 0 Å². The van der Waals surface area contributed by atoms with Crippen LogP contribution < -0.4 is 5.32 Å². The zero-order chi connectivity index (χ0) is 14.7. The van der Waals surface area contributed by atoms with Gasteiger partial charge in [0.05, 0.1) is 0 Å². The van der Waals surface area contributed by atoms with Crippen molar-refractivity contribution in [1.82, 2.24) is 19.8 Å². The second-order valence-electron chi connectivity index (χ2n) is 5.99. The molecule has 0 aromatic carbocycles. The molecular weight excluding hydrogens is 284 g/mol. The van der Waals surface area contributed by atoms with E-state index in [1.165, 1.54) is 24.3 Å². The lowest BCUT2D eigenvalue weighted by molar-refractivity contribution is 0.0873. The number of piperidine rings is 1. The quantitative estimate of drug-likeness (QED) is 0.919. The molecule has 0 radical (unpaired) electrons. The molecule has 1 aromatic rings. The monoisotopic (exact) mass is 308 g/mol. The first kappa shape index (κ1) is 14.9. The number of hydrogen-bond donors (Lipinski definition) is 1. The van der Waals surface area contributed by atoms with Crippen molar-refractivity contribution in [2.45, 2.75) is 37.8 Å². The predicted molar refractivity (Wildman–Crippen MR) is 85.6 cm³/mol. The third-order valence-electron chi connectivity index (χ3n) is 4.60. The number of imidazole rings is 1. The molecule has 0 saturated carbocycles. The topological polar surface area (TPSA) is 50.2 Å². The predicted octanol–water partition coefficient (Wildman–Crippen LogP) is 1.51. The molecule has 1 amide bonds. The first-order valence-corrected chi connectivity index (χ1v) is 8.99. The largest absolute Gasteiger partial charge is 0.347 e. The maximum absolute atomic E-state index is 12.2. The van der Waals surface area contributed by atoms with Crippen molar-refractivity contribution in [2.75, 3.05) is 24.6 Å². The van der Waals surface area contributed by atoms with Gasteiger partial charge >= 0.3 is 0 Å². The maximum Gasteiger partial charge on any atom is 0.287 e. The van der Waals surface area contributed by atoms with Gasteiger partial charge in [-0.2, -0.15) is 11.8 Å². The van der Waals surface area contributed by atoms with Crippen LogP contribution in [0, 0.1) is 0 Å². The molecule has 0 spiro atoms. The van der Waals surface area contributed by atoms with Gasteiger partial charge in [-0.3, -0.25) is 4.79 Å². The summed E-state index contributed by atoms with van der Waals surface area (Å²) in [6.07, 6.45) is 8.24. The highest BCUT2D eigenvalue weighted by Gasteiger charge is 2.27. The van der Waals surface area contributed by atoms with Crippen molar-refractivity contribution in [3.63, 3.8) is 0 Å². The van der Waals surface area contributed by atoms with Gasteiger partial charge in [0.2, 0.25) is 0 Å². The summed E-state index contributed by atoms with van der Waals surface area (Å²) in [6.45, 7) is 2.22. The van der Waals surface area contributed by atoms with Crippen molar-refractivity contribution in [1.29, 1.82) is 0 Å². The molecule has 21 heavy (non-hydrogen) atoms. The molecule has 116 valence electrons. The van der Waals surface area contributed by atoms with E-state index in [2.05, 4.69) is 27.0 Å². The highest BCUT2D eigenvalue weighted by molar-refractivity contribution is 7.99. The highest BCUT2D eigenvalue weighted by Crippen LogP contribution is 2.24. The molecule has 2 aliphatic rings. The van der Waals surface area contributed by atoms with Crippen LogP contribution in [-0.2, 0) is 7.05 Å². The fraction of sp³-hybridized carbons (Fsp3) is 0.733. The molecule has 1 N–H and O–H groups in total. The van der Waals surface area contributed by atoms with Crippen molar-refractivity contribution in [3.05, 3.63) is 18.2 Å². The first-order valence-electron chi connectivity index (χ1n) is 7.84. The van der Waals surface area contributed by atoms with Crippen molar-refractivity contribution < 1.29 is 4.79 Å². The van der Waals surface area contributed by atoms with Gasteiger partial charge in [-0.25, -0.2) is 4.98 Å². The molecule has 5 nitrogen and oxygen atoms in total. The SMILES string of the molecule is Cn1ccnc1C(=O)NC1CCN(C2CCSCC2)CC1. The molecule has 2 saturated heterocycles. The van der Waals surface area contributed by atoms with Crippen LogP contribution in [0.3, 0.4) is 0 Å². The highest BCUT2D eigenvalue weighted by atomic mass is 32.2. The summed E-state index contributed by atoms with van der Waals surface area (Å²) in [4.78, 5) is 18.9. The standard InChI is InChI=1S/C15H24N4OS/c1-18-9-6-16-14(18)15(20)17-12-2-7-19(8-3-12)13-4-10-21-11-5-13/h6,9,12-13H,2-5,7-8,10-11H2,1H3,(H,17,20). The number of thioether (sulfide) groups is 1. The summed E-state index contributed by atoms with van der Waals surface area (Å²) < 4.78 is 1.77. The van der Waals surface area contributed by atoms with Crippen LogP contribution in [0.2, 0.25) is 0 Å². The second-order valence-corrected chi connectivity index (χ2v) is 7.21. The number of nitrogens with zero attached hydrogens (tertiary/aromatic N) is 3. The van der Waals surface area contributed by atoms with E-state index in [1.807, 2.05) is 7.05 Å². The molecule has 0 unspecified atom stereocenters. The Morgan fingerprint density at radius 1 is 1.29 bits per heavy atom. The molecule has 2 aliphatic heterocycles. The van der Waals surface area contributed by atoms with Crippen LogP contribution in [-0.4, -0.2) is 57.0 Å². The first-order chi connectivity index (χ1) is 10.2. The number of hydrogen-bond acceptors (Lipinski definition) is 4. The second kappa shape index (κ2) is 6.83. The Morgan fingerprint density at radius 2 is 2.00 bits per heavy atom.